The van der Waals surface area contributed by atoms with E-state index < -0.39 is 0 Å². The monoisotopic (exact) mass is 394 g/mol. The van der Waals surface area contributed by atoms with Crippen LogP contribution in [0.4, 0.5) is 5.69 Å². The fraction of sp³-hybridized carbons (Fsp3) is 0.235. The molecule has 0 heterocycles. The minimum atomic E-state index is -0.00934. The Hall–Kier alpha value is -1.56. The third kappa shape index (κ3) is 4.46. The molecule has 2 rings (SSSR count). The van der Waals surface area contributed by atoms with Crippen molar-refractivity contribution < 1.29 is 4.79 Å². The second-order valence-corrected chi connectivity index (χ2v) is 6.21. The lowest BCUT2D eigenvalue weighted by Crippen LogP contribution is -2.26. The van der Waals surface area contributed by atoms with Gasteiger partial charge in [-0.15, -0.1) is 0 Å². The van der Waals surface area contributed by atoms with Gasteiger partial charge in [0, 0.05) is 29.9 Å². The SMILES string of the molecule is CN(C)c1ccc(CCNC(=O)c2ccccc2I)cc1. The minimum Gasteiger partial charge on any atom is -0.378 e. The number of hydrogen-bond acceptors (Lipinski definition) is 2. The van der Waals surface area contributed by atoms with E-state index in [-0.39, 0.29) is 5.91 Å². The van der Waals surface area contributed by atoms with Gasteiger partial charge >= 0.3 is 0 Å². The Morgan fingerprint density at radius 2 is 1.76 bits per heavy atom. The van der Waals surface area contributed by atoms with Gasteiger partial charge in [-0.1, -0.05) is 24.3 Å². The van der Waals surface area contributed by atoms with Crippen molar-refractivity contribution in [3.8, 4) is 0 Å². The zero-order valence-electron chi connectivity index (χ0n) is 12.3. The van der Waals surface area contributed by atoms with E-state index in [0.29, 0.717) is 6.54 Å². The zero-order chi connectivity index (χ0) is 15.2. The molecular weight excluding hydrogens is 375 g/mol. The van der Waals surface area contributed by atoms with Gasteiger partial charge in [-0.3, -0.25) is 4.79 Å². The molecule has 0 saturated carbocycles. The fourth-order valence-electron chi connectivity index (χ4n) is 2.02. The molecule has 0 aliphatic rings. The molecule has 0 aliphatic carbocycles. The molecule has 0 fully saturated rings. The van der Waals surface area contributed by atoms with Gasteiger partial charge < -0.3 is 10.2 Å². The van der Waals surface area contributed by atoms with Gasteiger partial charge in [-0.25, -0.2) is 0 Å². The van der Waals surface area contributed by atoms with Crippen molar-refractivity contribution in [1.29, 1.82) is 0 Å². The average Bonchev–Trinajstić information content (AvgIpc) is 2.48. The van der Waals surface area contributed by atoms with Crippen LogP contribution in [0.3, 0.4) is 0 Å². The maximum absolute atomic E-state index is 12.1. The lowest BCUT2D eigenvalue weighted by atomic mass is 10.1. The highest BCUT2D eigenvalue weighted by atomic mass is 127. The van der Waals surface area contributed by atoms with Gasteiger partial charge in [0.1, 0.15) is 0 Å². The van der Waals surface area contributed by atoms with E-state index in [0.717, 1.165) is 15.6 Å². The van der Waals surface area contributed by atoms with Crippen molar-refractivity contribution in [2.75, 3.05) is 25.5 Å². The summed E-state index contributed by atoms with van der Waals surface area (Å²) in [5.41, 5.74) is 3.14. The van der Waals surface area contributed by atoms with E-state index >= 15 is 0 Å². The summed E-state index contributed by atoms with van der Waals surface area (Å²) < 4.78 is 0.975. The van der Waals surface area contributed by atoms with Crippen molar-refractivity contribution in [2.24, 2.45) is 0 Å². The summed E-state index contributed by atoms with van der Waals surface area (Å²) in [4.78, 5) is 14.1. The van der Waals surface area contributed by atoms with Crippen molar-refractivity contribution in [3.63, 3.8) is 0 Å². The van der Waals surface area contributed by atoms with Gasteiger partial charge in [-0.2, -0.15) is 0 Å². The number of rotatable bonds is 5. The molecule has 0 saturated heterocycles. The Bertz CT molecular complexity index is 608. The summed E-state index contributed by atoms with van der Waals surface area (Å²) in [6, 6.07) is 16.0. The number of nitrogens with zero attached hydrogens (tertiary/aromatic N) is 1. The second kappa shape index (κ2) is 7.45. The van der Waals surface area contributed by atoms with Crippen LogP contribution in [0.15, 0.2) is 48.5 Å². The van der Waals surface area contributed by atoms with Crippen molar-refractivity contribution in [3.05, 3.63) is 63.2 Å². The summed E-state index contributed by atoms with van der Waals surface area (Å²) in [5, 5.41) is 2.97. The second-order valence-electron chi connectivity index (χ2n) is 5.05. The largest absolute Gasteiger partial charge is 0.378 e. The number of amides is 1. The van der Waals surface area contributed by atoms with Gasteiger partial charge in [0.05, 0.1) is 5.56 Å². The van der Waals surface area contributed by atoms with Crippen LogP contribution in [0.5, 0.6) is 0 Å². The first kappa shape index (κ1) is 15.8. The molecule has 1 amide bonds. The van der Waals surface area contributed by atoms with Crippen molar-refractivity contribution in [2.45, 2.75) is 6.42 Å². The Kier molecular flexibility index (Phi) is 5.61. The first-order valence-corrected chi connectivity index (χ1v) is 7.95. The van der Waals surface area contributed by atoms with Crippen LogP contribution in [0, 0.1) is 3.57 Å². The van der Waals surface area contributed by atoms with E-state index in [1.807, 2.05) is 38.4 Å². The molecule has 0 aromatic heterocycles. The highest BCUT2D eigenvalue weighted by Gasteiger charge is 2.08. The standard InChI is InChI=1S/C17H19IN2O/c1-20(2)14-9-7-13(8-10-14)11-12-19-17(21)15-5-3-4-6-16(15)18/h3-10H,11-12H2,1-2H3,(H,19,21). The van der Waals surface area contributed by atoms with E-state index in [1.165, 1.54) is 11.3 Å². The van der Waals surface area contributed by atoms with Crippen LogP contribution in [-0.4, -0.2) is 26.5 Å². The highest BCUT2D eigenvalue weighted by Crippen LogP contribution is 2.13. The molecule has 0 spiro atoms. The summed E-state index contributed by atoms with van der Waals surface area (Å²) in [6.07, 6.45) is 0.836. The molecule has 0 bridgehead atoms. The number of carbonyl (C=O) groups excluding carboxylic acids is 1. The maximum atomic E-state index is 12.1. The van der Waals surface area contributed by atoms with Crippen LogP contribution in [-0.2, 0) is 6.42 Å². The average molecular weight is 394 g/mol. The number of carbonyl (C=O) groups is 1. The quantitative estimate of drug-likeness (QED) is 0.790. The van der Waals surface area contributed by atoms with Gasteiger partial charge in [-0.05, 0) is 58.8 Å². The lowest BCUT2D eigenvalue weighted by Gasteiger charge is -2.12. The Morgan fingerprint density at radius 3 is 2.38 bits per heavy atom. The maximum Gasteiger partial charge on any atom is 0.252 e. The molecule has 4 heteroatoms. The van der Waals surface area contributed by atoms with Crippen LogP contribution < -0.4 is 10.2 Å². The molecule has 2 aromatic carbocycles. The fourth-order valence-corrected chi connectivity index (χ4v) is 2.65. The molecule has 1 N–H and O–H groups in total. The molecule has 2 aromatic rings. The smallest absolute Gasteiger partial charge is 0.252 e. The lowest BCUT2D eigenvalue weighted by molar-refractivity contribution is 0.0953. The minimum absolute atomic E-state index is 0.00934. The molecule has 3 nitrogen and oxygen atoms in total. The van der Waals surface area contributed by atoms with Crippen LogP contribution in [0.2, 0.25) is 0 Å². The van der Waals surface area contributed by atoms with Gasteiger partial charge in [0.15, 0.2) is 0 Å². The van der Waals surface area contributed by atoms with Gasteiger partial charge in [0.25, 0.3) is 5.91 Å². The molecule has 21 heavy (non-hydrogen) atoms. The van der Waals surface area contributed by atoms with Crippen LogP contribution in [0.1, 0.15) is 15.9 Å². The first-order valence-electron chi connectivity index (χ1n) is 6.87. The van der Waals surface area contributed by atoms with Crippen molar-refractivity contribution >= 4 is 34.2 Å². The summed E-state index contributed by atoms with van der Waals surface area (Å²) in [7, 11) is 4.05. The third-order valence-corrected chi connectivity index (χ3v) is 4.21. The molecule has 0 radical (unpaired) electrons. The first-order chi connectivity index (χ1) is 10.1. The van der Waals surface area contributed by atoms with Crippen molar-refractivity contribution in [1.82, 2.24) is 5.32 Å². The van der Waals surface area contributed by atoms with E-state index in [9.17, 15) is 4.79 Å². The van der Waals surface area contributed by atoms with Gasteiger partial charge in [0.2, 0.25) is 0 Å². The Labute approximate surface area is 139 Å². The normalized spacial score (nSPS) is 10.2. The van der Waals surface area contributed by atoms with Crippen LogP contribution in [0.25, 0.3) is 0 Å². The molecule has 0 atom stereocenters. The third-order valence-electron chi connectivity index (χ3n) is 3.27. The predicted octanol–water partition coefficient (Wildman–Crippen LogP) is 3.33. The van der Waals surface area contributed by atoms with E-state index in [1.54, 1.807) is 0 Å². The van der Waals surface area contributed by atoms with Crippen LogP contribution >= 0.6 is 22.6 Å². The summed E-state index contributed by atoms with van der Waals surface area (Å²) >= 11 is 2.18. The van der Waals surface area contributed by atoms with E-state index in [2.05, 4.69) is 57.1 Å². The summed E-state index contributed by atoms with van der Waals surface area (Å²) in [6.45, 7) is 0.644. The molecule has 0 unspecified atom stereocenters. The predicted molar refractivity (Wildman–Crippen MR) is 96.0 cm³/mol. The zero-order valence-corrected chi connectivity index (χ0v) is 14.4. The number of hydrogen-bond donors (Lipinski definition) is 1. The summed E-state index contributed by atoms with van der Waals surface area (Å²) in [5.74, 6) is -0.00934. The molecule has 110 valence electrons. The topological polar surface area (TPSA) is 32.3 Å². The molecule has 0 aliphatic heterocycles. The number of halogens is 1. The Morgan fingerprint density at radius 1 is 1.10 bits per heavy atom. The number of anilines is 1. The number of nitrogens with one attached hydrogen (secondary N) is 1. The number of benzene rings is 2. The van der Waals surface area contributed by atoms with E-state index in [4.69, 9.17) is 0 Å². The molecular formula is C17H19IN2O. The highest BCUT2D eigenvalue weighted by molar-refractivity contribution is 14.1. The Balaban J connectivity index is 1.87.